The standard InChI is InChI=1S/C18H27FN3O8P/c1-6-18-9-27-31(25,28-10-26-14(23)16(2,3)4)29-13(18)12(19)17(5,30-18)22-8-7-11(20)21-15(22)24/h7-8,12-13H,6,9-10H2,1-5H3,(H2,20,21,24)/t12-,13+,17?,18-,31?/m1/s1. The number of fused-ring (bicyclic) bond motifs is 1. The summed E-state index contributed by atoms with van der Waals surface area (Å²) in [4.78, 5) is 27.8. The first kappa shape index (κ1) is 23.8. The summed E-state index contributed by atoms with van der Waals surface area (Å²) in [6, 6.07) is 1.33. The normalized spacial score (nSPS) is 35.5. The minimum Gasteiger partial charge on any atom is -0.437 e. The van der Waals surface area contributed by atoms with E-state index in [1.807, 2.05) is 0 Å². The summed E-state index contributed by atoms with van der Waals surface area (Å²) in [7, 11) is -4.27. The summed E-state index contributed by atoms with van der Waals surface area (Å²) in [6.07, 6.45) is -1.83. The second-order valence-electron chi connectivity index (χ2n) is 8.66. The number of anilines is 1. The summed E-state index contributed by atoms with van der Waals surface area (Å²) in [6.45, 7) is 6.95. The number of phosphoric acid groups is 1. The maximum absolute atomic E-state index is 15.7. The van der Waals surface area contributed by atoms with Crippen molar-refractivity contribution >= 4 is 19.6 Å². The molecule has 1 aromatic heterocycles. The van der Waals surface area contributed by atoms with Gasteiger partial charge in [-0.25, -0.2) is 18.3 Å². The van der Waals surface area contributed by atoms with E-state index in [4.69, 9.17) is 28.8 Å². The molecule has 3 heterocycles. The molecule has 2 aliphatic heterocycles. The summed E-state index contributed by atoms with van der Waals surface area (Å²) in [5.41, 5.74) is 0.736. The lowest BCUT2D eigenvalue weighted by atomic mass is 9.92. The van der Waals surface area contributed by atoms with Crippen molar-refractivity contribution in [3.05, 3.63) is 22.7 Å². The van der Waals surface area contributed by atoms with Crippen LogP contribution in [-0.4, -0.2) is 46.8 Å². The first-order chi connectivity index (χ1) is 14.3. The molecule has 2 aliphatic rings. The molecular formula is C18H27FN3O8P. The van der Waals surface area contributed by atoms with E-state index in [0.717, 1.165) is 4.57 Å². The second-order valence-corrected chi connectivity index (χ2v) is 10.3. The molecule has 0 radical (unpaired) electrons. The fourth-order valence-electron chi connectivity index (χ4n) is 3.43. The molecule has 31 heavy (non-hydrogen) atoms. The van der Waals surface area contributed by atoms with E-state index in [1.165, 1.54) is 19.2 Å². The number of rotatable bonds is 5. The van der Waals surface area contributed by atoms with E-state index in [1.54, 1.807) is 27.7 Å². The Morgan fingerprint density at radius 3 is 2.74 bits per heavy atom. The SMILES string of the molecule is CC[C@@]12COP(=O)(OCOC(=O)C(C)(C)C)O[C@H]1[C@@H](F)C(C)(n1ccc(N)nc1=O)O2. The Kier molecular flexibility index (Phi) is 6.09. The lowest BCUT2D eigenvalue weighted by Crippen LogP contribution is -2.50. The zero-order chi connectivity index (χ0) is 23.2. The summed E-state index contributed by atoms with van der Waals surface area (Å²) in [5, 5.41) is 0. The van der Waals surface area contributed by atoms with Crippen LogP contribution in [0.4, 0.5) is 10.2 Å². The van der Waals surface area contributed by atoms with Crippen LogP contribution in [-0.2, 0) is 38.1 Å². The number of alkyl halides is 1. The van der Waals surface area contributed by atoms with Crippen LogP contribution in [0.1, 0.15) is 41.0 Å². The first-order valence-corrected chi connectivity index (χ1v) is 11.2. The fraction of sp³-hybridized carbons (Fsp3) is 0.722. The van der Waals surface area contributed by atoms with Crippen molar-refractivity contribution in [1.29, 1.82) is 0 Å². The molecule has 11 nitrogen and oxygen atoms in total. The summed E-state index contributed by atoms with van der Waals surface area (Å²) in [5.74, 6) is -0.613. The van der Waals surface area contributed by atoms with Gasteiger partial charge in [0.1, 0.15) is 17.5 Å². The zero-order valence-electron chi connectivity index (χ0n) is 18.0. The molecule has 0 aromatic carbocycles. The predicted octanol–water partition coefficient (Wildman–Crippen LogP) is 2.10. The molecular weight excluding hydrogens is 436 g/mol. The van der Waals surface area contributed by atoms with E-state index >= 15 is 4.39 Å². The molecule has 0 amide bonds. The molecule has 0 bridgehead atoms. The van der Waals surface area contributed by atoms with Gasteiger partial charge >= 0.3 is 19.5 Å². The van der Waals surface area contributed by atoms with Crippen molar-refractivity contribution in [3.63, 3.8) is 0 Å². The smallest absolute Gasteiger partial charge is 0.437 e. The molecule has 174 valence electrons. The third kappa shape index (κ3) is 4.27. The second kappa shape index (κ2) is 7.93. The van der Waals surface area contributed by atoms with Crippen molar-refractivity contribution in [2.24, 2.45) is 5.41 Å². The monoisotopic (exact) mass is 463 g/mol. The number of hydrogen-bond acceptors (Lipinski definition) is 10. The van der Waals surface area contributed by atoms with Crippen LogP contribution in [0.2, 0.25) is 0 Å². The molecule has 3 rings (SSSR count). The molecule has 5 atom stereocenters. The Labute approximate surface area is 178 Å². The first-order valence-electron chi connectivity index (χ1n) is 9.71. The van der Waals surface area contributed by atoms with Gasteiger partial charge in [-0.15, -0.1) is 0 Å². The van der Waals surface area contributed by atoms with E-state index in [2.05, 4.69) is 4.98 Å². The van der Waals surface area contributed by atoms with Crippen LogP contribution in [0, 0.1) is 5.41 Å². The number of nitrogens with zero attached hydrogens (tertiary/aromatic N) is 2. The van der Waals surface area contributed by atoms with Crippen molar-refractivity contribution in [2.75, 3.05) is 19.1 Å². The maximum atomic E-state index is 15.7. The van der Waals surface area contributed by atoms with E-state index in [0.29, 0.717) is 0 Å². The van der Waals surface area contributed by atoms with Crippen molar-refractivity contribution in [3.8, 4) is 0 Å². The van der Waals surface area contributed by atoms with Gasteiger partial charge in [-0.1, -0.05) is 6.92 Å². The fourth-order valence-corrected chi connectivity index (χ4v) is 4.76. The number of hydrogen-bond donors (Lipinski definition) is 1. The highest BCUT2D eigenvalue weighted by atomic mass is 31.2. The van der Waals surface area contributed by atoms with Crippen LogP contribution in [0.5, 0.6) is 0 Å². The van der Waals surface area contributed by atoms with Crippen LogP contribution < -0.4 is 11.4 Å². The van der Waals surface area contributed by atoms with Gasteiger partial charge in [0.25, 0.3) is 0 Å². The van der Waals surface area contributed by atoms with Crippen LogP contribution >= 0.6 is 7.82 Å². The number of nitrogens with two attached hydrogens (primary N) is 1. The highest BCUT2D eigenvalue weighted by Gasteiger charge is 2.67. The zero-order valence-corrected chi connectivity index (χ0v) is 18.9. The van der Waals surface area contributed by atoms with Gasteiger partial charge in [-0.05, 0) is 40.2 Å². The minimum atomic E-state index is -4.27. The van der Waals surface area contributed by atoms with Crippen molar-refractivity contribution < 1.29 is 36.8 Å². The molecule has 2 fully saturated rings. The Hall–Kier alpha value is -1.85. The Balaban J connectivity index is 1.82. The average Bonchev–Trinajstić information content (AvgIpc) is 2.89. The van der Waals surface area contributed by atoms with Gasteiger partial charge in [0.15, 0.2) is 11.9 Å². The number of phosphoric ester groups is 1. The third-order valence-electron chi connectivity index (χ3n) is 5.33. The number of esters is 1. The van der Waals surface area contributed by atoms with Gasteiger partial charge in [0, 0.05) is 6.20 Å². The van der Waals surface area contributed by atoms with Gasteiger partial charge in [-0.2, -0.15) is 4.98 Å². The molecule has 0 aliphatic carbocycles. The van der Waals surface area contributed by atoms with E-state index in [9.17, 15) is 14.2 Å². The number of aromatic nitrogens is 2. The largest absolute Gasteiger partial charge is 0.478 e. The molecule has 2 saturated heterocycles. The molecule has 13 heteroatoms. The Bertz CT molecular complexity index is 966. The topological polar surface area (TPSA) is 141 Å². The van der Waals surface area contributed by atoms with Crippen LogP contribution in [0.25, 0.3) is 0 Å². The van der Waals surface area contributed by atoms with Gasteiger partial charge < -0.3 is 15.2 Å². The van der Waals surface area contributed by atoms with Crippen molar-refractivity contribution in [1.82, 2.24) is 9.55 Å². The van der Waals surface area contributed by atoms with Crippen LogP contribution in [0.15, 0.2) is 17.1 Å². The Morgan fingerprint density at radius 1 is 1.48 bits per heavy atom. The molecule has 0 spiro atoms. The number of ether oxygens (including phenoxy) is 2. The predicted molar refractivity (Wildman–Crippen MR) is 105 cm³/mol. The minimum absolute atomic E-state index is 0.0248. The van der Waals surface area contributed by atoms with Gasteiger partial charge in [0.05, 0.1) is 12.0 Å². The molecule has 2 N–H and O–H groups in total. The summed E-state index contributed by atoms with van der Waals surface area (Å²) < 4.78 is 56.2. The summed E-state index contributed by atoms with van der Waals surface area (Å²) >= 11 is 0. The molecule has 0 saturated carbocycles. The van der Waals surface area contributed by atoms with Crippen LogP contribution in [0.3, 0.4) is 0 Å². The number of halogens is 1. The van der Waals surface area contributed by atoms with Gasteiger partial charge in [-0.3, -0.25) is 18.4 Å². The lowest BCUT2D eigenvalue weighted by Gasteiger charge is -2.39. The third-order valence-corrected chi connectivity index (χ3v) is 6.68. The number of nitrogen functional groups attached to an aromatic ring is 1. The highest BCUT2D eigenvalue weighted by molar-refractivity contribution is 7.48. The van der Waals surface area contributed by atoms with E-state index < -0.39 is 55.3 Å². The number of carbonyl (C=O) groups excluding carboxylic acids is 1. The highest BCUT2D eigenvalue weighted by Crippen LogP contribution is 2.61. The molecule has 1 aromatic rings. The van der Waals surface area contributed by atoms with E-state index in [-0.39, 0.29) is 18.8 Å². The molecule has 2 unspecified atom stereocenters. The average molecular weight is 463 g/mol. The quantitative estimate of drug-likeness (QED) is 0.392. The van der Waals surface area contributed by atoms with Gasteiger partial charge in [0.2, 0.25) is 6.79 Å². The maximum Gasteiger partial charge on any atom is 0.478 e. The lowest BCUT2D eigenvalue weighted by molar-refractivity contribution is -0.189. The van der Waals surface area contributed by atoms with Crippen molar-refractivity contribution in [2.45, 2.75) is 64.6 Å². The Morgan fingerprint density at radius 2 is 2.16 bits per heavy atom. The number of carbonyl (C=O) groups is 1.